The Hall–Kier alpha value is -3.75. The maximum atomic E-state index is 14.3. The molecule has 4 rings (SSSR count). The number of amides is 3. The van der Waals surface area contributed by atoms with Crippen molar-refractivity contribution >= 4 is 50.4 Å². The van der Waals surface area contributed by atoms with Crippen LogP contribution in [0.4, 0.5) is 26.2 Å². The second kappa shape index (κ2) is 9.59. The summed E-state index contributed by atoms with van der Waals surface area (Å²) in [6.07, 6.45) is 0. The third-order valence-corrected chi connectivity index (χ3v) is 5.89. The van der Waals surface area contributed by atoms with Gasteiger partial charge in [-0.3, -0.25) is 4.79 Å². The van der Waals surface area contributed by atoms with E-state index in [1.807, 2.05) is 18.2 Å². The standard InChI is InChI=1S/C24H20FN3O3S/c1-31-14-18-21-19(25)8-5-9-20(21)32-22(18)23(29)26-16-10-12-17(13-11-16)28-24(30)27-15-6-3-2-4-7-15/h2-13H,14H2,1H3,(H,26,29)(H2,27,28,30). The quantitative estimate of drug-likeness (QED) is 0.334. The molecule has 1 heterocycles. The first-order valence-corrected chi connectivity index (χ1v) is 10.6. The van der Waals surface area contributed by atoms with Crippen molar-refractivity contribution in [1.82, 2.24) is 0 Å². The molecule has 3 aromatic carbocycles. The molecule has 0 atom stereocenters. The second-order valence-corrected chi connectivity index (χ2v) is 7.98. The number of fused-ring (bicyclic) bond motifs is 1. The number of benzene rings is 3. The lowest BCUT2D eigenvalue weighted by Gasteiger charge is -2.09. The van der Waals surface area contributed by atoms with Gasteiger partial charge in [-0.2, -0.15) is 0 Å². The first-order valence-electron chi connectivity index (χ1n) is 9.78. The largest absolute Gasteiger partial charge is 0.380 e. The number of hydrogen-bond acceptors (Lipinski definition) is 4. The van der Waals surface area contributed by atoms with Crippen LogP contribution in [0.1, 0.15) is 15.2 Å². The molecule has 0 aliphatic carbocycles. The highest BCUT2D eigenvalue weighted by Gasteiger charge is 2.20. The van der Waals surface area contributed by atoms with Gasteiger partial charge in [-0.25, -0.2) is 9.18 Å². The van der Waals surface area contributed by atoms with Crippen LogP contribution in [0.15, 0.2) is 72.8 Å². The van der Waals surface area contributed by atoms with Crippen LogP contribution in [0.25, 0.3) is 10.1 Å². The Labute approximate surface area is 188 Å². The van der Waals surface area contributed by atoms with Gasteiger partial charge >= 0.3 is 6.03 Å². The Morgan fingerprint density at radius 3 is 2.12 bits per heavy atom. The zero-order valence-corrected chi connectivity index (χ0v) is 18.0. The van der Waals surface area contributed by atoms with Crippen molar-refractivity contribution in [2.24, 2.45) is 0 Å². The molecule has 0 saturated carbocycles. The van der Waals surface area contributed by atoms with Crippen molar-refractivity contribution in [1.29, 1.82) is 0 Å². The van der Waals surface area contributed by atoms with E-state index in [1.54, 1.807) is 48.5 Å². The van der Waals surface area contributed by atoms with Gasteiger partial charge in [0.15, 0.2) is 0 Å². The summed E-state index contributed by atoms with van der Waals surface area (Å²) in [6, 6.07) is 20.2. The number of halogens is 1. The van der Waals surface area contributed by atoms with Crippen molar-refractivity contribution in [3.8, 4) is 0 Å². The van der Waals surface area contributed by atoms with E-state index in [2.05, 4.69) is 16.0 Å². The fourth-order valence-corrected chi connectivity index (χ4v) is 4.39. The van der Waals surface area contributed by atoms with Crippen molar-refractivity contribution in [3.05, 3.63) is 89.1 Å². The number of carbonyl (C=O) groups excluding carboxylic acids is 2. The molecular weight excluding hydrogens is 429 g/mol. The van der Waals surface area contributed by atoms with Crippen LogP contribution >= 0.6 is 11.3 Å². The molecule has 0 spiro atoms. The SMILES string of the molecule is COCc1c(C(=O)Nc2ccc(NC(=O)Nc3ccccc3)cc2)sc2cccc(F)c12. The molecular formula is C24H20FN3O3S. The van der Waals surface area contributed by atoms with Crippen LogP contribution in [0.5, 0.6) is 0 Å². The number of rotatable bonds is 6. The number of ether oxygens (including phenoxy) is 1. The van der Waals surface area contributed by atoms with Gasteiger partial charge in [-0.05, 0) is 48.5 Å². The lowest BCUT2D eigenvalue weighted by Crippen LogP contribution is -2.19. The second-order valence-electron chi connectivity index (χ2n) is 6.93. The third kappa shape index (κ3) is 4.77. The predicted molar refractivity (Wildman–Crippen MR) is 126 cm³/mol. The zero-order valence-electron chi connectivity index (χ0n) is 17.1. The molecule has 0 unspecified atom stereocenters. The first kappa shape index (κ1) is 21.5. The third-order valence-electron chi connectivity index (χ3n) is 4.69. The Balaban J connectivity index is 1.46. The number of nitrogens with one attached hydrogen (secondary N) is 3. The summed E-state index contributed by atoms with van der Waals surface area (Å²) in [7, 11) is 1.51. The highest BCUT2D eigenvalue weighted by Crippen LogP contribution is 2.34. The lowest BCUT2D eigenvalue weighted by atomic mass is 10.1. The normalized spacial score (nSPS) is 10.7. The van der Waals surface area contributed by atoms with Gasteiger partial charge in [-0.1, -0.05) is 24.3 Å². The molecule has 32 heavy (non-hydrogen) atoms. The summed E-state index contributed by atoms with van der Waals surface area (Å²) in [5.41, 5.74) is 2.32. The van der Waals surface area contributed by atoms with Gasteiger partial charge in [0.25, 0.3) is 5.91 Å². The zero-order chi connectivity index (χ0) is 22.5. The monoisotopic (exact) mass is 449 g/mol. The molecule has 0 aliphatic heterocycles. The van der Waals surface area contributed by atoms with Gasteiger partial charge in [0, 0.05) is 39.8 Å². The number of hydrogen-bond donors (Lipinski definition) is 3. The minimum absolute atomic E-state index is 0.128. The van der Waals surface area contributed by atoms with E-state index in [0.717, 1.165) is 0 Å². The van der Waals surface area contributed by atoms with E-state index >= 15 is 0 Å². The van der Waals surface area contributed by atoms with Gasteiger partial charge in [-0.15, -0.1) is 11.3 Å². The van der Waals surface area contributed by atoms with Crippen molar-refractivity contribution in [3.63, 3.8) is 0 Å². The minimum Gasteiger partial charge on any atom is -0.380 e. The molecule has 1 aromatic heterocycles. The Kier molecular flexibility index (Phi) is 6.44. The average molecular weight is 450 g/mol. The fourth-order valence-electron chi connectivity index (χ4n) is 3.27. The number of urea groups is 1. The molecule has 0 bridgehead atoms. The van der Waals surface area contributed by atoms with E-state index in [1.165, 1.54) is 24.5 Å². The van der Waals surface area contributed by atoms with Gasteiger partial charge < -0.3 is 20.7 Å². The van der Waals surface area contributed by atoms with Crippen LogP contribution in [0, 0.1) is 5.82 Å². The lowest BCUT2D eigenvalue weighted by molar-refractivity contribution is 0.102. The predicted octanol–water partition coefficient (Wildman–Crippen LogP) is 6.08. The molecule has 0 aliphatic rings. The van der Waals surface area contributed by atoms with E-state index in [9.17, 15) is 14.0 Å². The number of anilines is 3. The molecule has 6 nitrogen and oxygen atoms in total. The first-order chi connectivity index (χ1) is 15.5. The number of thiophene rings is 1. The Morgan fingerprint density at radius 1 is 0.844 bits per heavy atom. The number of methoxy groups -OCH3 is 1. The van der Waals surface area contributed by atoms with Crippen LogP contribution < -0.4 is 16.0 Å². The number of carbonyl (C=O) groups is 2. The van der Waals surface area contributed by atoms with Crippen LogP contribution in [0.3, 0.4) is 0 Å². The Morgan fingerprint density at radius 2 is 1.47 bits per heavy atom. The summed E-state index contributed by atoms with van der Waals surface area (Å²) in [5.74, 6) is -0.728. The summed E-state index contributed by atoms with van der Waals surface area (Å²) >= 11 is 1.22. The van der Waals surface area contributed by atoms with Crippen molar-refractivity contribution < 1.29 is 18.7 Å². The molecule has 0 radical (unpaired) electrons. The molecule has 4 aromatic rings. The molecule has 3 N–H and O–H groups in total. The van der Waals surface area contributed by atoms with Gasteiger partial charge in [0.05, 0.1) is 11.5 Å². The highest BCUT2D eigenvalue weighted by molar-refractivity contribution is 7.21. The minimum atomic E-state index is -0.381. The summed E-state index contributed by atoms with van der Waals surface area (Å²) in [5, 5.41) is 8.70. The number of para-hydroxylation sites is 1. The highest BCUT2D eigenvalue weighted by atomic mass is 32.1. The summed E-state index contributed by atoms with van der Waals surface area (Å²) in [4.78, 5) is 25.4. The Bertz CT molecular complexity index is 1260. The van der Waals surface area contributed by atoms with Gasteiger partial charge in [0.2, 0.25) is 0 Å². The molecule has 3 amide bonds. The van der Waals surface area contributed by atoms with E-state index in [4.69, 9.17) is 4.74 Å². The van der Waals surface area contributed by atoms with Gasteiger partial charge in [0.1, 0.15) is 5.82 Å². The van der Waals surface area contributed by atoms with Crippen molar-refractivity contribution in [2.75, 3.05) is 23.1 Å². The molecule has 0 saturated heterocycles. The summed E-state index contributed by atoms with van der Waals surface area (Å²) < 4.78 is 20.2. The summed E-state index contributed by atoms with van der Waals surface area (Å²) in [6.45, 7) is 0.128. The van der Waals surface area contributed by atoms with E-state index < -0.39 is 0 Å². The van der Waals surface area contributed by atoms with Crippen LogP contribution in [-0.4, -0.2) is 19.0 Å². The van der Waals surface area contributed by atoms with Crippen LogP contribution in [-0.2, 0) is 11.3 Å². The molecule has 0 fully saturated rings. The van der Waals surface area contributed by atoms with E-state index in [-0.39, 0.29) is 24.4 Å². The topological polar surface area (TPSA) is 79.5 Å². The van der Waals surface area contributed by atoms with Crippen LogP contribution in [0.2, 0.25) is 0 Å². The molecule has 162 valence electrons. The fraction of sp³-hybridized carbons (Fsp3) is 0.0833. The van der Waals surface area contributed by atoms with Crippen molar-refractivity contribution in [2.45, 2.75) is 6.61 Å². The van der Waals surface area contributed by atoms with E-state index in [0.29, 0.717) is 37.6 Å². The maximum Gasteiger partial charge on any atom is 0.323 e. The smallest absolute Gasteiger partial charge is 0.323 e. The average Bonchev–Trinajstić information content (AvgIpc) is 3.16. The maximum absolute atomic E-state index is 14.3. The molecule has 8 heteroatoms.